The monoisotopic (exact) mass is 256 g/mol. The molecule has 0 amide bonds. The summed E-state index contributed by atoms with van der Waals surface area (Å²) in [6.45, 7) is 4.08. The maximum absolute atomic E-state index is 11.3. The average molecular weight is 256 g/mol. The van der Waals surface area contributed by atoms with E-state index in [9.17, 15) is 9.90 Å². The minimum atomic E-state index is -0.766. The molecule has 0 unspecified atom stereocenters. The Kier molecular flexibility index (Phi) is 2.49. The summed E-state index contributed by atoms with van der Waals surface area (Å²) >= 11 is 0. The van der Waals surface area contributed by atoms with Crippen LogP contribution in [0.2, 0.25) is 0 Å². The van der Waals surface area contributed by atoms with Crippen molar-refractivity contribution in [3.8, 4) is 5.69 Å². The highest BCUT2D eigenvalue weighted by atomic mass is 16.4. The summed E-state index contributed by atoms with van der Waals surface area (Å²) in [5.74, 6) is -0.766. The summed E-state index contributed by atoms with van der Waals surface area (Å²) in [6, 6.07) is 8.01. The quantitative estimate of drug-likeness (QED) is 0.918. The number of rotatable bonds is 3. The Labute approximate surface area is 111 Å². The van der Waals surface area contributed by atoms with Gasteiger partial charge in [0.15, 0.2) is 0 Å². The Balaban J connectivity index is 2.00. The Morgan fingerprint density at radius 1 is 1.26 bits per heavy atom. The molecule has 4 nitrogen and oxygen atoms in total. The number of aromatic nitrogens is 2. The summed E-state index contributed by atoms with van der Waals surface area (Å²) in [5, 5.41) is 13.7. The fourth-order valence-corrected chi connectivity index (χ4v) is 2.51. The first kappa shape index (κ1) is 12.0. The van der Waals surface area contributed by atoms with Gasteiger partial charge in [0, 0.05) is 6.20 Å². The zero-order valence-corrected chi connectivity index (χ0v) is 11.1. The number of carbonyl (C=O) groups is 1. The van der Waals surface area contributed by atoms with Crippen molar-refractivity contribution in [2.24, 2.45) is 0 Å². The van der Waals surface area contributed by atoms with Crippen LogP contribution in [0.3, 0.4) is 0 Å². The fraction of sp³-hybridized carbons (Fsp3) is 0.333. The summed E-state index contributed by atoms with van der Waals surface area (Å²) in [6.07, 6.45) is 3.21. The first-order chi connectivity index (χ1) is 9.01. The van der Waals surface area contributed by atoms with Crippen molar-refractivity contribution in [3.05, 3.63) is 47.3 Å². The van der Waals surface area contributed by atoms with Crippen LogP contribution in [0.5, 0.6) is 0 Å². The lowest BCUT2D eigenvalue weighted by Crippen LogP contribution is -2.20. The molecule has 1 aliphatic carbocycles. The van der Waals surface area contributed by atoms with Gasteiger partial charge in [-0.25, -0.2) is 4.68 Å². The van der Waals surface area contributed by atoms with Crippen molar-refractivity contribution in [2.45, 2.75) is 32.1 Å². The molecule has 2 aromatic rings. The zero-order valence-electron chi connectivity index (χ0n) is 11.1. The van der Waals surface area contributed by atoms with Crippen molar-refractivity contribution in [2.75, 3.05) is 0 Å². The first-order valence-corrected chi connectivity index (χ1v) is 6.39. The van der Waals surface area contributed by atoms with E-state index in [-0.39, 0.29) is 0 Å². The highest BCUT2D eigenvalue weighted by molar-refractivity contribution is 5.84. The topological polar surface area (TPSA) is 55.1 Å². The lowest BCUT2D eigenvalue weighted by molar-refractivity contribution is -0.140. The van der Waals surface area contributed by atoms with Crippen LogP contribution in [-0.4, -0.2) is 20.9 Å². The molecule has 0 bridgehead atoms. The van der Waals surface area contributed by atoms with Crippen LogP contribution in [0.15, 0.2) is 30.5 Å². The number of aliphatic carboxylic acids is 1. The molecule has 19 heavy (non-hydrogen) atoms. The second-order valence-electron chi connectivity index (χ2n) is 5.38. The maximum atomic E-state index is 11.3. The van der Waals surface area contributed by atoms with Crippen molar-refractivity contribution >= 4 is 5.97 Å². The Hall–Kier alpha value is -2.10. The number of hydrogen-bond donors (Lipinski definition) is 1. The number of carboxylic acid groups (broad SMARTS) is 1. The van der Waals surface area contributed by atoms with E-state index in [2.05, 4.69) is 11.2 Å². The van der Waals surface area contributed by atoms with E-state index in [0.717, 1.165) is 5.69 Å². The highest BCUT2D eigenvalue weighted by Crippen LogP contribution is 2.47. The standard InChI is InChI=1S/C15H16N2O2/c1-10-7-11(2)9-12(8-10)17-6-3-13(16-17)15(4-5-15)14(18)19/h3,6-9H,4-5H2,1-2H3,(H,18,19). The second kappa shape index (κ2) is 3.95. The van der Waals surface area contributed by atoms with Crippen LogP contribution in [-0.2, 0) is 10.2 Å². The van der Waals surface area contributed by atoms with Gasteiger partial charge in [-0.1, -0.05) is 6.07 Å². The van der Waals surface area contributed by atoms with Gasteiger partial charge in [0.05, 0.1) is 11.4 Å². The Morgan fingerprint density at radius 3 is 2.42 bits per heavy atom. The van der Waals surface area contributed by atoms with Crippen LogP contribution in [0, 0.1) is 13.8 Å². The van der Waals surface area contributed by atoms with Gasteiger partial charge >= 0.3 is 5.97 Å². The molecule has 3 rings (SSSR count). The van der Waals surface area contributed by atoms with Gasteiger partial charge in [-0.05, 0) is 56.0 Å². The smallest absolute Gasteiger partial charge is 0.315 e. The minimum absolute atomic E-state index is 0.666. The molecule has 98 valence electrons. The molecule has 0 aliphatic heterocycles. The van der Waals surface area contributed by atoms with Gasteiger partial charge in [-0.2, -0.15) is 5.10 Å². The van der Waals surface area contributed by atoms with Crippen LogP contribution < -0.4 is 0 Å². The van der Waals surface area contributed by atoms with E-state index >= 15 is 0 Å². The molecule has 0 radical (unpaired) electrons. The van der Waals surface area contributed by atoms with E-state index in [1.54, 1.807) is 4.68 Å². The molecule has 0 saturated heterocycles. The zero-order chi connectivity index (χ0) is 13.6. The molecule has 0 atom stereocenters. The summed E-state index contributed by atoms with van der Waals surface area (Å²) in [7, 11) is 0. The molecule has 1 aromatic heterocycles. The largest absolute Gasteiger partial charge is 0.481 e. The Bertz CT molecular complexity index is 634. The lowest BCUT2D eigenvalue weighted by atomic mass is 10.0. The van der Waals surface area contributed by atoms with Gasteiger partial charge < -0.3 is 5.11 Å². The van der Waals surface area contributed by atoms with E-state index in [4.69, 9.17) is 0 Å². The van der Waals surface area contributed by atoms with Crippen molar-refractivity contribution in [1.82, 2.24) is 9.78 Å². The number of benzene rings is 1. The third kappa shape index (κ3) is 1.93. The molecule has 1 saturated carbocycles. The van der Waals surface area contributed by atoms with Gasteiger partial charge in [0.25, 0.3) is 0 Å². The average Bonchev–Trinajstić information content (AvgIpc) is 3.00. The first-order valence-electron chi connectivity index (χ1n) is 6.39. The molecular weight excluding hydrogens is 240 g/mol. The van der Waals surface area contributed by atoms with Gasteiger partial charge in [-0.3, -0.25) is 4.79 Å². The number of nitrogens with zero attached hydrogens (tertiary/aromatic N) is 2. The van der Waals surface area contributed by atoms with Gasteiger partial charge in [0.2, 0.25) is 0 Å². The highest BCUT2D eigenvalue weighted by Gasteiger charge is 2.53. The van der Waals surface area contributed by atoms with Crippen molar-refractivity contribution < 1.29 is 9.90 Å². The summed E-state index contributed by atoms with van der Waals surface area (Å²) in [5.41, 5.74) is 3.26. The number of aryl methyl sites for hydroxylation is 2. The Morgan fingerprint density at radius 2 is 1.89 bits per heavy atom. The van der Waals surface area contributed by atoms with E-state index < -0.39 is 11.4 Å². The van der Waals surface area contributed by atoms with Gasteiger partial charge in [0.1, 0.15) is 5.41 Å². The fourth-order valence-electron chi connectivity index (χ4n) is 2.51. The second-order valence-corrected chi connectivity index (χ2v) is 5.38. The molecular formula is C15H16N2O2. The predicted molar refractivity (Wildman–Crippen MR) is 71.6 cm³/mol. The van der Waals surface area contributed by atoms with E-state index in [1.807, 2.05) is 38.2 Å². The van der Waals surface area contributed by atoms with Gasteiger partial charge in [-0.15, -0.1) is 0 Å². The maximum Gasteiger partial charge on any atom is 0.315 e. The van der Waals surface area contributed by atoms with Crippen LogP contribution in [0.25, 0.3) is 5.69 Å². The van der Waals surface area contributed by atoms with E-state index in [1.165, 1.54) is 11.1 Å². The molecule has 1 aromatic carbocycles. The minimum Gasteiger partial charge on any atom is -0.481 e. The lowest BCUT2D eigenvalue weighted by Gasteiger charge is -2.07. The normalized spacial score (nSPS) is 16.3. The third-order valence-electron chi connectivity index (χ3n) is 3.71. The van der Waals surface area contributed by atoms with Crippen LogP contribution in [0.4, 0.5) is 0 Å². The van der Waals surface area contributed by atoms with Crippen LogP contribution >= 0.6 is 0 Å². The number of carboxylic acids is 1. The molecule has 1 fully saturated rings. The van der Waals surface area contributed by atoms with Crippen molar-refractivity contribution in [1.29, 1.82) is 0 Å². The van der Waals surface area contributed by atoms with Crippen LogP contribution in [0.1, 0.15) is 29.7 Å². The number of hydrogen-bond acceptors (Lipinski definition) is 2. The van der Waals surface area contributed by atoms with Crippen molar-refractivity contribution in [3.63, 3.8) is 0 Å². The molecule has 1 aliphatic rings. The molecule has 4 heteroatoms. The third-order valence-corrected chi connectivity index (χ3v) is 3.71. The SMILES string of the molecule is Cc1cc(C)cc(-n2ccc(C3(C(=O)O)CC3)n2)c1. The molecule has 0 spiro atoms. The predicted octanol–water partition coefficient (Wildman–Crippen LogP) is 2.61. The summed E-state index contributed by atoms with van der Waals surface area (Å²) < 4.78 is 1.76. The van der Waals surface area contributed by atoms with E-state index in [0.29, 0.717) is 18.5 Å². The summed E-state index contributed by atoms with van der Waals surface area (Å²) in [4.78, 5) is 11.3. The molecule has 1 heterocycles. The molecule has 1 N–H and O–H groups in total.